The Morgan fingerprint density at radius 1 is 1.25 bits per heavy atom. The minimum atomic E-state index is 0.655. The maximum atomic E-state index is 4.44. The van der Waals surface area contributed by atoms with Crippen molar-refractivity contribution in [2.45, 2.75) is 20.4 Å². The van der Waals surface area contributed by atoms with E-state index in [1.54, 1.807) is 0 Å². The van der Waals surface area contributed by atoms with Gasteiger partial charge in [0.1, 0.15) is 17.5 Å². The van der Waals surface area contributed by atoms with E-state index in [2.05, 4.69) is 20.4 Å². The van der Waals surface area contributed by atoms with Crippen LogP contribution in [0.15, 0.2) is 18.2 Å². The Balaban J connectivity index is 2.23. The Labute approximate surface area is 94.5 Å². The number of rotatable bonds is 3. The number of nitrogens with zero attached hydrogens (tertiary/aromatic N) is 4. The van der Waals surface area contributed by atoms with Gasteiger partial charge in [-0.3, -0.25) is 0 Å². The number of nitrogens with one attached hydrogen (secondary N) is 1. The van der Waals surface area contributed by atoms with Gasteiger partial charge in [0.2, 0.25) is 0 Å². The van der Waals surface area contributed by atoms with Crippen LogP contribution in [0.5, 0.6) is 0 Å². The van der Waals surface area contributed by atoms with Crippen molar-refractivity contribution in [3.05, 3.63) is 35.5 Å². The molecule has 5 heteroatoms. The van der Waals surface area contributed by atoms with Crippen LogP contribution in [0, 0.1) is 13.8 Å². The molecule has 0 aromatic carbocycles. The highest BCUT2D eigenvalue weighted by Gasteiger charge is 2.04. The largest absolute Gasteiger partial charge is 0.373 e. The van der Waals surface area contributed by atoms with Gasteiger partial charge in [-0.05, 0) is 26.0 Å². The average molecular weight is 217 g/mol. The molecule has 0 spiro atoms. The van der Waals surface area contributed by atoms with E-state index < -0.39 is 0 Å². The molecule has 0 saturated heterocycles. The third-order valence-corrected chi connectivity index (χ3v) is 2.34. The molecule has 0 aliphatic rings. The third kappa shape index (κ3) is 2.18. The molecule has 0 aliphatic carbocycles. The Kier molecular flexibility index (Phi) is 2.85. The molecule has 2 rings (SSSR count). The molecule has 5 nitrogen and oxygen atoms in total. The molecule has 0 fully saturated rings. The van der Waals surface area contributed by atoms with Gasteiger partial charge < -0.3 is 5.32 Å². The summed E-state index contributed by atoms with van der Waals surface area (Å²) < 4.78 is 1.86. The van der Waals surface area contributed by atoms with Crippen LogP contribution in [0.1, 0.15) is 17.3 Å². The van der Waals surface area contributed by atoms with Crippen molar-refractivity contribution in [1.82, 2.24) is 19.7 Å². The van der Waals surface area contributed by atoms with E-state index >= 15 is 0 Å². The SMILES string of the molecule is CNc1cccc(Cn2nc(C)nc2C)n1. The summed E-state index contributed by atoms with van der Waals surface area (Å²) in [7, 11) is 1.86. The minimum absolute atomic E-state index is 0.655. The smallest absolute Gasteiger partial charge is 0.147 e. The molecule has 0 radical (unpaired) electrons. The van der Waals surface area contributed by atoms with Gasteiger partial charge in [-0.2, -0.15) is 5.10 Å². The van der Waals surface area contributed by atoms with Crippen LogP contribution in [-0.2, 0) is 6.54 Å². The highest BCUT2D eigenvalue weighted by atomic mass is 15.3. The normalized spacial score (nSPS) is 10.4. The lowest BCUT2D eigenvalue weighted by Crippen LogP contribution is -2.06. The fourth-order valence-corrected chi connectivity index (χ4v) is 1.57. The van der Waals surface area contributed by atoms with Gasteiger partial charge >= 0.3 is 0 Å². The van der Waals surface area contributed by atoms with Crippen LogP contribution in [0.3, 0.4) is 0 Å². The molecular formula is C11H15N5. The first kappa shape index (κ1) is 10.6. The van der Waals surface area contributed by atoms with Crippen molar-refractivity contribution in [1.29, 1.82) is 0 Å². The Morgan fingerprint density at radius 2 is 2.06 bits per heavy atom. The molecule has 2 aromatic rings. The van der Waals surface area contributed by atoms with Crippen LogP contribution in [0.2, 0.25) is 0 Å². The fourth-order valence-electron chi connectivity index (χ4n) is 1.57. The van der Waals surface area contributed by atoms with Gasteiger partial charge in [0.05, 0.1) is 12.2 Å². The highest BCUT2D eigenvalue weighted by molar-refractivity contribution is 5.34. The topological polar surface area (TPSA) is 55.6 Å². The molecule has 0 saturated carbocycles. The first-order valence-electron chi connectivity index (χ1n) is 5.21. The molecule has 0 bridgehead atoms. The molecule has 2 heterocycles. The lowest BCUT2D eigenvalue weighted by Gasteiger charge is -2.04. The highest BCUT2D eigenvalue weighted by Crippen LogP contribution is 2.06. The predicted octanol–water partition coefficient (Wildman–Crippen LogP) is 1.38. The maximum Gasteiger partial charge on any atom is 0.147 e. The summed E-state index contributed by atoms with van der Waals surface area (Å²) in [6.45, 7) is 4.49. The van der Waals surface area contributed by atoms with Crippen molar-refractivity contribution in [3.63, 3.8) is 0 Å². The second-order valence-corrected chi connectivity index (χ2v) is 3.63. The number of pyridine rings is 1. The summed E-state index contributed by atoms with van der Waals surface area (Å²) in [5, 5.41) is 7.32. The van der Waals surface area contributed by atoms with Gasteiger partial charge in [0.25, 0.3) is 0 Å². The van der Waals surface area contributed by atoms with Gasteiger partial charge in [0.15, 0.2) is 0 Å². The molecule has 0 amide bonds. The van der Waals surface area contributed by atoms with Gasteiger partial charge in [-0.1, -0.05) is 6.07 Å². The summed E-state index contributed by atoms with van der Waals surface area (Å²) in [4.78, 5) is 8.70. The molecule has 0 atom stereocenters. The average Bonchev–Trinajstić information content (AvgIpc) is 2.58. The van der Waals surface area contributed by atoms with E-state index in [-0.39, 0.29) is 0 Å². The van der Waals surface area contributed by atoms with Crippen LogP contribution in [0.4, 0.5) is 5.82 Å². The van der Waals surface area contributed by atoms with Crippen molar-refractivity contribution in [2.24, 2.45) is 0 Å². The lowest BCUT2D eigenvalue weighted by molar-refractivity contribution is 0.644. The number of anilines is 1. The Hall–Kier alpha value is -1.91. The summed E-state index contributed by atoms with van der Waals surface area (Å²) >= 11 is 0. The van der Waals surface area contributed by atoms with Gasteiger partial charge in [0, 0.05) is 7.05 Å². The summed E-state index contributed by atoms with van der Waals surface area (Å²) in [6.07, 6.45) is 0. The number of hydrogen-bond donors (Lipinski definition) is 1. The number of aryl methyl sites for hydroxylation is 2. The van der Waals surface area contributed by atoms with Crippen molar-refractivity contribution >= 4 is 5.82 Å². The van der Waals surface area contributed by atoms with Gasteiger partial charge in [-0.15, -0.1) is 0 Å². The quantitative estimate of drug-likeness (QED) is 0.844. The zero-order valence-electron chi connectivity index (χ0n) is 9.73. The van der Waals surface area contributed by atoms with Crippen LogP contribution >= 0.6 is 0 Å². The van der Waals surface area contributed by atoms with Crippen molar-refractivity contribution in [3.8, 4) is 0 Å². The summed E-state index contributed by atoms with van der Waals surface area (Å²) in [5.41, 5.74) is 0.972. The minimum Gasteiger partial charge on any atom is -0.373 e. The zero-order chi connectivity index (χ0) is 11.5. The molecule has 16 heavy (non-hydrogen) atoms. The summed E-state index contributed by atoms with van der Waals surface area (Å²) in [5.74, 6) is 2.57. The monoisotopic (exact) mass is 217 g/mol. The number of aromatic nitrogens is 4. The van der Waals surface area contributed by atoms with E-state index in [0.29, 0.717) is 6.54 Å². The molecule has 1 N–H and O–H groups in total. The van der Waals surface area contributed by atoms with E-state index in [1.165, 1.54) is 0 Å². The Bertz CT molecular complexity index is 489. The second kappa shape index (κ2) is 4.30. The standard InChI is InChI=1S/C11H15N5/c1-8-13-9(2)16(15-8)7-10-5-4-6-11(12-3)14-10/h4-6H,7H2,1-3H3,(H,12,14). The van der Waals surface area contributed by atoms with Gasteiger partial charge in [-0.25, -0.2) is 14.6 Å². The maximum absolute atomic E-state index is 4.44. The van der Waals surface area contributed by atoms with Crippen LogP contribution in [-0.4, -0.2) is 26.8 Å². The van der Waals surface area contributed by atoms with Crippen LogP contribution < -0.4 is 5.32 Å². The first-order chi connectivity index (χ1) is 7.69. The number of hydrogen-bond acceptors (Lipinski definition) is 4. The molecule has 0 unspecified atom stereocenters. The molecule has 0 aliphatic heterocycles. The van der Waals surface area contributed by atoms with Crippen LogP contribution in [0.25, 0.3) is 0 Å². The summed E-state index contributed by atoms with van der Waals surface area (Å²) in [6, 6.07) is 5.90. The molecule has 84 valence electrons. The van der Waals surface area contributed by atoms with E-state index in [9.17, 15) is 0 Å². The Morgan fingerprint density at radius 3 is 2.69 bits per heavy atom. The zero-order valence-corrected chi connectivity index (χ0v) is 9.73. The van der Waals surface area contributed by atoms with E-state index in [4.69, 9.17) is 0 Å². The van der Waals surface area contributed by atoms with E-state index in [0.717, 1.165) is 23.2 Å². The van der Waals surface area contributed by atoms with Crippen molar-refractivity contribution in [2.75, 3.05) is 12.4 Å². The molecular weight excluding hydrogens is 202 g/mol. The first-order valence-corrected chi connectivity index (χ1v) is 5.21. The van der Waals surface area contributed by atoms with Crippen molar-refractivity contribution < 1.29 is 0 Å². The fraction of sp³-hybridized carbons (Fsp3) is 0.364. The second-order valence-electron chi connectivity index (χ2n) is 3.63. The molecule has 2 aromatic heterocycles. The predicted molar refractivity (Wildman–Crippen MR) is 62.4 cm³/mol. The van der Waals surface area contributed by atoms with E-state index in [1.807, 2.05) is 43.8 Å². The third-order valence-electron chi connectivity index (χ3n) is 2.34. The lowest BCUT2D eigenvalue weighted by atomic mass is 10.3.